The molecule has 4 heterocycles. The highest BCUT2D eigenvalue weighted by Gasteiger charge is 2.24. The van der Waals surface area contributed by atoms with Gasteiger partial charge < -0.3 is 14.6 Å². The van der Waals surface area contributed by atoms with Gasteiger partial charge in [0.15, 0.2) is 5.82 Å². The van der Waals surface area contributed by atoms with Crippen molar-refractivity contribution in [1.82, 2.24) is 30.1 Å². The average Bonchev–Trinajstić information content (AvgIpc) is 3.51. The van der Waals surface area contributed by atoms with Gasteiger partial charge in [-0.1, -0.05) is 38.1 Å². The Morgan fingerprint density at radius 1 is 1.20 bits per heavy atom. The predicted molar refractivity (Wildman–Crippen MR) is 130 cm³/mol. The first kappa shape index (κ1) is 23.2. The summed E-state index contributed by atoms with van der Waals surface area (Å²) >= 11 is 0. The third-order valence-corrected chi connectivity index (χ3v) is 6.47. The Balaban J connectivity index is 1.33. The van der Waals surface area contributed by atoms with Crippen LogP contribution in [0.2, 0.25) is 0 Å². The first-order valence-electron chi connectivity index (χ1n) is 11.9. The number of fused-ring (bicyclic) bond motifs is 1. The van der Waals surface area contributed by atoms with Crippen molar-refractivity contribution in [3.63, 3.8) is 0 Å². The van der Waals surface area contributed by atoms with Crippen LogP contribution in [0.25, 0.3) is 16.8 Å². The third-order valence-electron chi connectivity index (χ3n) is 6.47. The average molecular weight is 475 g/mol. The number of rotatable bonds is 5. The maximum absolute atomic E-state index is 12.5. The maximum Gasteiger partial charge on any atom is 0.315 e. The number of carbonyl (C=O) groups excluding carboxylic acids is 1. The molecule has 0 spiro atoms. The van der Waals surface area contributed by atoms with E-state index >= 15 is 0 Å². The zero-order valence-electron chi connectivity index (χ0n) is 20.5. The first-order valence-corrected chi connectivity index (χ1v) is 11.9. The molecular weight excluding hydrogens is 444 g/mol. The molecule has 0 atom stereocenters. The highest BCUT2D eigenvalue weighted by atomic mass is 16.5. The fraction of sp³-hybridized carbons (Fsp3) is 0.423. The van der Waals surface area contributed by atoms with Crippen LogP contribution in [0.5, 0.6) is 0 Å². The zero-order valence-corrected chi connectivity index (χ0v) is 20.5. The Bertz CT molecular complexity index is 1360. The standard InChI is InChI=1S/C26H30N6O3/c1-16-11-18(5-6-19(16)13-27-23(33)24-30-25(31-35-24)26(2,3)4)22-21-12-20(14-32(21)29-15-28-22)17-7-9-34-10-8-17/h5-6,11-12,14-15,17H,7-10,13H2,1-4H3,(H,27,33). The number of carbonyl (C=O) groups is 1. The lowest BCUT2D eigenvalue weighted by atomic mass is 9.94. The highest BCUT2D eigenvalue weighted by Crippen LogP contribution is 2.31. The summed E-state index contributed by atoms with van der Waals surface area (Å²) in [5.41, 5.74) is 5.93. The Morgan fingerprint density at radius 3 is 2.71 bits per heavy atom. The van der Waals surface area contributed by atoms with Gasteiger partial charge >= 0.3 is 11.8 Å². The number of ether oxygens (including phenoxy) is 1. The van der Waals surface area contributed by atoms with Gasteiger partial charge in [-0.05, 0) is 54.5 Å². The van der Waals surface area contributed by atoms with E-state index in [9.17, 15) is 4.79 Å². The van der Waals surface area contributed by atoms with E-state index in [4.69, 9.17) is 9.26 Å². The van der Waals surface area contributed by atoms with Gasteiger partial charge in [0.2, 0.25) is 0 Å². The molecule has 1 amide bonds. The Morgan fingerprint density at radius 2 is 2.00 bits per heavy atom. The van der Waals surface area contributed by atoms with E-state index in [1.54, 1.807) is 6.33 Å². The minimum atomic E-state index is -0.386. The molecule has 5 rings (SSSR count). The van der Waals surface area contributed by atoms with E-state index in [0.717, 1.165) is 54.0 Å². The SMILES string of the molecule is Cc1cc(-c2ncnn3cc(C4CCOCC4)cc23)ccc1CNC(=O)c1nc(C(C)(C)C)no1. The van der Waals surface area contributed by atoms with Gasteiger partial charge in [-0.2, -0.15) is 10.1 Å². The minimum absolute atomic E-state index is 0.0267. The van der Waals surface area contributed by atoms with Crippen LogP contribution in [0, 0.1) is 6.92 Å². The maximum atomic E-state index is 12.5. The van der Waals surface area contributed by atoms with Crippen LogP contribution in [-0.2, 0) is 16.7 Å². The molecule has 3 aromatic heterocycles. The smallest absolute Gasteiger partial charge is 0.315 e. The fourth-order valence-corrected chi connectivity index (χ4v) is 4.34. The highest BCUT2D eigenvalue weighted by molar-refractivity contribution is 5.89. The van der Waals surface area contributed by atoms with Gasteiger partial charge in [0.05, 0.1) is 11.2 Å². The van der Waals surface area contributed by atoms with Gasteiger partial charge in [-0.25, -0.2) is 9.50 Å². The van der Waals surface area contributed by atoms with Crippen molar-refractivity contribution in [2.75, 3.05) is 13.2 Å². The Labute approximate surface area is 203 Å². The largest absolute Gasteiger partial charge is 0.381 e. The molecule has 1 aliphatic rings. The van der Waals surface area contributed by atoms with Crippen molar-refractivity contribution in [2.24, 2.45) is 0 Å². The molecule has 0 bridgehead atoms. The van der Waals surface area contributed by atoms with E-state index in [2.05, 4.69) is 43.9 Å². The second-order valence-corrected chi connectivity index (χ2v) is 10.1. The molecule has 0 radical (unpaired) electrons. The molecule has 0 aliphatic carbocycles. The first-order chi connectivity index (χ1) is 16.8. The lowest BCUT2D eigenvalue weighted by Gasteiger charge is -2.20. The zero-order chi connectivity index (χ0) is 24.6. The lowest BCUT2D eigenvalue weighted by molar-refractivity contribution is 0.0853. The summed E-state index contributed by atoms with van der Waals surface area (Å²) in [4.78, 5) is 21.3. The second kappa shape index (κ2) is 9.22. The predicted octanol–water partition coefficient (Wildman–Crippen LogP) is 4.21. The van der Waals surface area contributed by atoms with Crippen LogP contribution in [0.4, 0.5) is 0 Å². The van der Waals surface area contributed by atoms with E-state index in [1.807, 2.05) is 44.3 Å². The molecule has 1 N–H and O–H groups in total. The molecular formula is C26H30N6O3. The molecule has 35 heavy (non-hydrogen) atoms. The summed E-state index contributed by atoms with van der Waals surface area (Å²) in [6.07, 6.45) is 5.76. The number of amides is 1. The topological polar surface area (TPSA) is 107 Å². The van der Waals surface area contributed by atoms with Crippen molar-refractivity contribution in [3.05, 3.63) is 65.2 Å². The number of aromatic nitrogens is 5. The van der Waals surface area contributed by atoms with Crippen LogP contribution in [-0.4, -0.2) is 43.9 Å². The molecule has 9 heteroatoms. The fourth-order valence-electron chi connectivity index (χ4n) is 4.34. The van der Waals surface area contributed by atoms with Crippen molar-refractivity contribution >= 4 is 11.4 Å². The molecule has 4 aromatic rings. The molecule has 9 nitrogen and oxygen atoms in total. The molecule has 1 aromatic carbocycles. The number of benzene rings is 1. The number of hydrogen-bond acceptors (Lipinski definition) is 7. The minimum Gasteiger partial charge on any atom is -0.381 e. The van der Waals surface area contributed by atoms with Crippen molar-refractivity contribution in [1.29, 1.82) is 0 Å². The summed E-state index contributed by atoms with van der Waals surface area (Å²) in [5, 5.41) is 11.2. The van der Waals surface area contributed by atoms with Crippen LogP contribution < -0.4 is 5.32 Å². The van der Waals surface area contributed by atoms with Gasteiger partial charge in [0, 0.05) is 36.9 Å². The van der Waals surface area contributed by atoms with Crippen LogP contribution >= 0.6 is 0 Å². The summed E-state index contributed by atoms with van der Waals surface area (Å²) in [7, 11) is 0. The number of nitrogens with one attached hydrogen (secondary N) is 1. The van der Waals surface area contributed by atoms with Crippen LogP contribution in [0.1, 0.15) is 72.7 Å². The van der Waals surface area contributed by atoms with E-state index in [-0.39, 0.29) is 17.2 Å². The Kier molecular flexibility index (Phi) is 6.10. The molecule has 0 saturated carbocycles. The summed E-state index contributed by atoms with van der Waals surface area (Å²) in [6, 6.07) is 8.34. The van der Waals surface area contributed by atoms with Gasteiger partial charge in [0.1, 0.15) is 6.33 Å². The van der Waals surface area contributed by atoms with Gasteiger partial charge in [-0.15, -0.1) is 0 Å². The molecule has 182 valence electrons. The van der Waals surface area contributed by atoms with E-state index in [0.29, 0.717) is 18.3 Å². The number of aryl methyl sites for hydroxylation is 1. The van der Waals surface area contributed by atoms with Crippen LogP contribution in [0.15, 0.2) is 41.3 Å². The summed E-state index contributed by atoms with van der Waals surface area (Å²) in [5.74, 6) is 0.581. The van der Waals surface area contributed by atoms with Crippen LogP contribution in [0.3, 0.4) is 0 Å². The summed E-state index contributed by atoms with van der Waals surface area (Å²) < 4.78 is 12.6. The quantitative estimate of drug-likeness (QED) is 0.462. The van der Waals surface area contributed by atoms with Crippen molar-refractivity contribution < 1.29 is 14.1 Å². The van der Waals surface area contributed by atoms with E-state index in [1.165, 1.54) is 5.56 Å². The molecule has 0 unspecified atom stereocenters. The second-order valence-electron chi connectivity index (χ2n) is 10.1. The molecule has 1 aliphatic heterocycles. The van der Waals surface area contributed by atoms with Gasteiger partial charge in [-0.3, -0.25) is 4.79 Å². The normalized spacial score (nSPS) is 15.0. The summed E-state index contributed by atoms with van der Waals surface area (Å²) in [6.45, 7) is 9.89. The third kappa shape index (κ3) is 4.81. The molecule has 1 fully saturated rings. The van der Waals surface area contributed by atoms with Crippen molar-refractivity contribution in [2.45, 2.75) is 58.4 Å². The van der Waals surface area contributed by atoms with Crippen molar-refractivity contribution in [3.8, 4) is 11.3 Å². The molecule has 1 saturated heterocycles. The number of nitrogens with zero attached hydrogens (tertiary/aromatic N) is 5. The van der Waals surface area contributed by atoms with E-state index < -0.39 is 0 Å². The monoisotopic (exact) mass is 474 g/mol. The Hall–Kier alpha value is -3.59. The van der Waals surface area contributed by atoms with Gasteiger partial charge in [0.25, 0.3) is 0 Å². The number of hydrogen-bond donors (Lipinski definition) is 1. The lowest BCUT2D eigenvalue weighted by Crippen LogP contribution is -2.24.